The number of hydrogen-bond donors (Lipinski definition) is 0. The van der Waals surface area contributed by atoms with Gasteiger partial charge in [0.15, 0.2) is 0 Å². The van der Waals surface area contributed by atoms with Gasteiger partial charge >= 0.3 is 5.97 Å². The van der Waals surface area contributed by atoms with Crippen molar-refractivity contribution in [1.82, 2.24) is 14.8 Å². The summed E-state index contributed by atoms with van der Waals surface area (Å²) in [6.45, 7) is 5.28. The number of aromatic nitrogens is 1. The third kappa shape index (κ3) is 4.39. The normalized spacial score (nSPS) is 16.0. The second-order valence-electron chi connectivity index (χ2n) is 5.19. The number of carbonyl (C=O) groups excluding carboxylic acids is 2. The summed E-state index contributed by atoms with van der Waals surface area (Å²) in [6.07, 6.45) is 6.11. The summed E-state index contributed by atoms with van der Waals surface area (Å²) in [6, 6.07) is 1.74. The van der Waals surface area contributed by atoms with Crippen molar-refractivity contribution in [3.8, 4) is 0 Å². The molecule has 0 aromatic carbocycles. The molecule has 0 N–H and O–H groups in total. The van der Waals surface area contributed by atoms with Gasteiger partial charge in [-0.05, 0) is 31.7 Å². The van der Waals surface area contributed by atoms with E-state index in [1.807, 2.05) is 11.9 Å². The van der Waals surface area contributed by atoms with Gasteiger partial charge in [-0.25, -0.2) is 4.79 Å². The third-order valence-corrected chi connectivity index (χ3v) is 3.50. The van der Waals surface area contributed by atoms with E-state index < -0.39 is 5.97 Å². The zero-order valence-electron chi connectivity index (χ0n) is 13.0. The van der Waals surface area contributed by atoms with Crippen molar-refractivity contribution >= 4 is 18.0 Å². The molecule has 6 heteroatoms. The molecule has 1 fully saturated rings. The largest absolute Gasteiger partial charge is 0.463 e. The number of likely N-dealkylation sites (N-methyl/N-ethyl adjacent to an activating group) is 1. The summed E-state index contributed by atoms with van der Waals surface area (Å²) in [5.41, 5.74) is 1.24. The number of ether oxygens (including phenoxy) is 1. The van der Waals surface area contributed by atoms with Crippen LogP contribution in [0.1, 0.15) is 22.8 Å². The first-order valence-corrected chi connectivity index (χ1v) is 7.38. The Kier molecular flexibility index (Phi) is 5.66. The highest BCUT2D eigenvalue weighted by Gasteiger charge is 2.20. The van der Waals surface area contributed by atoms with Crippen molar-refractivity contribution < 1.29 is 14.3 Å². The average Bonchev–Trinajstić information content (AvgIpc) is 2.53. The molecule has 6 nitrogen and oxygen atoms in total. The maximum atomic E-state index is 12.5. The van der Waals surface area contributed by atoms with Crippen LogP contribution >= 0.6 is 0 Å². The summed E-state index contributed by atoms with van der Waals surface area (Å²) in [4.78, 5) is 31.9. The van der Waals surface area contributed by atoms with Crippen molar-refractivity contribution in [2.75, 3.05) is 39.8 Å². The average molecular weight is 303 g/mol. The van der Waals surface area contributed by atoms with E-state index in [0.717, 1.165) is 26.2 Å². The van der Waals surface area contributed by atoms with Crippen LogP contribution in [0, 0.1) is 0 Å². The lowest BCUT2D eigenvalue weighted by Crippen LogP contribution is -2.47. The van der Waals surface area contributed by atoms with Crippen LogP contribution in [0.3, 0.4) is 0 Å². The smallest absolute Gasteiger partial charge is 0.330 e. The van der Waals surface area contributed by atoms with Crippen molar-refractivity contribution in [2.24, 2.45) is 0 Å². The first kappa shape index (κ1) is 16.2. The summed E-state index contributed by atoms with van der Waals surface area (Å²) in [7, 11) is 2.05. The zero-order valence-corrected chi connectivity index (χ0v) is 13.0. The summed E-state index contributed by atoms with van der Waals surface area (Å²) in [5, 5.41) is 0. The number of carbonyl (C=O) groups is 2. The molecule has 2 heterocycles. The highest BCUT2D eigenvalue weighted by Crippen LogP contribution is 2.10. The SMILES string of the molecule is CCOC(=O)/C=C/c1cncc(C(=O)N2CCN(C)CC2)c1. The lowest BCUT2D eigenvalue weighted by molar-refractivity contribution is -0.137. The molecule has 1 aromatic heterocycles. The van der Waals surface area contributed by atoms with Crippen LogP contribution in [-0.2, 0) is 9.53 Å². The van der Waals surface area contributed by atoms with E-state index in [-0.39, 0.29) is 5.91 Å². The fraction of sp³-hybridized carbons (Fsp3) is 0.438. The molecule has 1 aliphatic rings. The Morgan fingerprint density at radius 3 is 2.68 bits per heavy atom. The topological polar surface area (TPSA) is 62.7 Å². The molecule has 22 heavy (non-hydrogen) atoms. The lowest BCUT2D eigenvalue weighted by atomic mass is 10.1. The number of piperazine rings is 1. The summed E-state index contributed by atoms with van der Waals surface area (Å²) in [5.74, 6) is -0.426. The number of rotatable bonds is 4. The van der Waals surface area contributed by atoms with Gasteiger partial charge in [0, 0.05) is 44.6 Å². The van der Waals surface area contributed by atoms with Crippen LogP contribution in [0.2, 0.25) is 0 Å². The molecule has 1 saturated heterocycles. The van der Waals surface area contributed by atoms with Crippen LogP contribution < -0.4 is 0 Å². The third-order valence-electron chi connectivity index (χ3n) is 3.50. The van der Waals surface area contributed by atoms with E-state index in [1.165, 1.54) is 6.08 Å². The zero-order chi connectivity index (χ0) is 15.9. The van der Waals surface area contributed by atoms with Gasteiger partial charge in [-0.2, -0.15) is 0 Å². The Morgan fingerprint density at radius 2 is 2.00 bits per heavy atom. The van der Waals surface area contributed by atoms with Crippen molar-refractivity contribution in [1.29, 1.82) is 0 Å². The molecule has 0 atom stereocenters. The Hall–Kier alpha value is -2.21. The number of nitrogens with zero attached hydrogens (tertiary/aromatic N) is 3. The van der Waals surface area contributed by atoms with Gasteiger partial charge in [0.05, 0.1) is 12.2 Å². The van der Waals surface area contributed by atoms with E-state index >= 15 is 0 Å². The molecule has 1 amide bonds. The highest BCUT2D eigenvalue weighted by molar-refractivity contribution is 5.95. The monoisotopic (exact) mass is 303 g/mol. The second-order valence-corrected chi connectivity index (χ2v) is 5.19. The van der Waals surface area contributed by atoms with Gasteiger partial charge in [-0.1, -0.05) is 0 Å². The number of esters is 1. The highest BCUT2D eigenvalue weighted by atomic mass is 16.5. The fourth-order valence-electron chi connectivity index (χ4n) is 2.21. The molecule has 0 aliphatic carbocycles. The number of hydrogen-bond acceptors (Lipinski definition) is 5. The van der Waals surface area contributed by atoms with Crippen molar-refractivity contribution in [2.45, 2.75) is 6.92 Å². The Balaban J connectivity index is 2.04. The molecule has 0 spiro atoms. The molecule has 0 radical (unpaired) electrons. The standard InChI is InChI=1S/C16H21N3O3/c1-3-22-15(20)5-4-13-10-14(12-17-11-13)16(21)19-8-6-18(2)7-9-19/h4-5,10-12H,3,6-9H2,1-2H3/b5-4+. The van der Waals surface area contributed by atoms with Gasteiger partial charge in [0.1, 0.15) is 0 Å². The van der Waals surface area contributed by atoms with E-state index in [2.05, 4.69) is 9.88 Å². The second kappa shape index (κ2) is 7.70. The van der Waals surface area contributed by atoms with E-state index in [1.54, 1.807) is 31.5 Å². The van der Waals surface area contributed by atoms with Crippen LogP contribution in [0.5, 0.6) is 0 Å². The molecule has 2 rings (SSSR count). The quantitative estimate of drug-likeness (QED) is 0.614. The van der Waals surface area contributed by atoms with E-state index in [0.29, 0.717) is 17.7 Å². The molecular formula is C16H21N3O3. The Bertz CT molecular complexity index is 564. The Morgan fingerprint density at radius 1 is 1.27 bits per heavy atom. The molecular weight excluding hydrogens is 282 g/mol. The minimum absolute atomic E-state index is 0.0213. The molecule has 0 saturated carbocycles. The first-order chi connectivity index (χ1) is 10.6. The van der Waals surface area contributed by atoms with Crippen molar-refractivity contribution in [3.63, 3.8) is 0 Å². The molecule has 1 aromatic rings. The molecule has 0 unspecified atom stereocenters. The van der Waals surface area contributed by atoms with Gasteiger partial charge in [-0.3, -0.25) is 9.78 Å². The van der Waals surface area contributed by atoms with Gasteiger partial charge in [-0.15, -0.1) is 0 Å². The maximum absolute atomic E-state index is 12.5. The fourth-order valence-corrected chi connectivity index (χ4v) is 2.21. The van der Waals surface area contributed by atoms with Gasteiger partial charge < -0.3 is 14.5 Å². The lowest BCUT2D eigenvalue weighted by Gasteiger charge is -2.32. The summed E-state index contributed by atoms with van der Waals surface area (Å²) >= 11 is 0. The minimum Gasteiger partial charge on any atom is -0.463 e. The van der Waals surface area contributed by atoms with E-state index in [9.17, 15) is 9.59 Å². The van der Waals surface area contributed by atoms with Crippen LogP contribution in [-0.4, -0.2) is 66.5 Å². The number of amides is 1. The van der Waals surface area contributed by atoms with Crippen LogP contribution in [0.25, 0.3) is 6.08 Å². The van der Waals surface area contributed by atoms with Crippen LogP contribution in [0.15, 0.2) is 24.5 Å². The minimum atomic E-state index is -0.404. The predicted octanol–water partition coefficient (Wildman–Crippen LogP) is 1.05. The van der Waals surface area contributed by atoms with Crippen LogP contribution in [0.4, 0.5) is 0 Å². The molecule has 118 valence electrons. The van der Waals surface area contributed by atoms with Gasteiger partial charge in [0.25, 0.3) is 5.91 Å². The summed E-state index contributed by atoms with van der Waals surface area (Å²) < 4.78 is 4.82. The molecule has 1 aliphatic heterocycles. The maximum Gasteiger partial charge on any atom is 0.330 e. The number of pyridine rings is 1. The van der Waals surface area contributed by atoms with Gasteiger partial charge in [0.2, 0.25) is 0 Å². The van der Waals surface area contributed by atoms with E-state index in [4.69, 9.17) is 4.74 Å². The predicted molar refractivity (Wildman–Crippen MR) is 83.3 cm³/mol. The molecule has 0 bridgehead atoms. The first-order valence-electron chi connectivity index (χ1n) is 7.38. The van der Waals surface area contributed by atoms with Crippen molar-refractivity contribution in [3.05, 3.63) is 35.7 Å². The Labute approximate surface area is 130 Å².